The van der Waals surface area contributed by atoms with Gasteiger partial charge in [0.15, 0.2) is 0 Å². The summed E-state index contributed by atoms with van der Waals surface area (Å²) in [6.07, 6.45) is 2.23. The normalized spacial score (nSPS) is 13.8. The van der Waals surface area contributed by atoms with Gasteiger partial charge in [0.1, 0.15) is 0 Å². The van der Waals surface area contributed by atoms with E-state index in [0.29, 0.717) is 17.9 Å². The summed E-state index contributed by atoms with van der Waals surface area (Å²) >= 11 is 0. The van der Waals surface area contributed by atoms with Crippen molar-refractivity contribution < 1.29 is 4.74 Å². The first kappa shape index (κ1) is 14.2. The summed E-state index contributed by atoms with van der Waals surface area (Å²) in [7, 11) is 5.23. The Morgan fingerprint density at radius 1 is 1.27 bits per heavy atom. The number of hydrogen-bond donors (Lipinski definition) is 1. The lowest BCUT2D eigenvalue weighted by atomic mass is 10.5. The predicted octanol–water partition coefficient (Wildman–Crippen LogP) is 0.398. The Hall–Kier alpha value is -2.71. The average Bonchev–Trinajstić information content (AvgIpc) is 3.26. The Bertz CT molecular complexity index is 739. The highest BCUT2D eigenvalue weighted by molar-refractivity contribution is 5.39. The molecule has 0 atom stereocenters. The van der Waals surface area contributed by atoms with Gasteiger partial charge in [-0.1, -0.05) is 0 Å². The largest absolute Gasteiger partial charge is 0.403 e. The highest BCUT2D eigenvalue weighted by Crippen LogP contribution is 2.25. The van der Waals surface area contributed by atoms with E-state index in [2.05, 4.69) is 25.4 Å². The monoisotopic (exact) mass is 303 g/mol. The van der Waals surface area contributed by atoms with E-state index in [4.69, 9.17) is 4.74 Å². The number of ether oxygens (including phenoxy) is 1. The molecule has 0 aromatic carbocycles. The smallest absolute Gasteiger partial charge is 0.330 e. The van der Waals surface area contributed by atoms with E-state index in [-0.39, 0.29) is 17.4 Å². The molecule has 1 aliphatic rings. The van der Waals surface area contributed by atoms with Crippen LogP contribution in [0.3, 0.4) is 0 Å². The molecule has 0 unspecified atom stereocenters. The molecule has 9 heteroatoms. The van der Waals surface area contributed by atoms with Gasteiger partial charge in [-0.05, 0) is 12.8 Å². The van der Waals surface area contributed by atoms with Gasteiger partial charge in [-0.3, -0.25) is 4.79 Å². The van der Waals surface area contributed by atoms with Crippen molar-refractivity contribution in [3.05, 3.63) is 22.5 Å². The number of anilines is 2. The van der Waals surface area contributed by atoms with E-state index in [1.807, 2.05) is 14.1 Å². The van der Waals surface area contributed by atoms with E-state index in [9.17, 15) is 4.79 Å². The zero-order chi connectivity index (χ0) is 15.7. The maximum absolute atomic E-state index is 11.3. The van der Waals surface area contributed by atoms with Crippen LogP contribution in [0.2, 0.25) is 0 Å². The minimum Gasteiger partial charge on any atom is -0.403 e. The van der Waals surface area contributed by atoms with Crippen molar-refractivity contribution >= 4 is 11.9 Å². The van der Waals surface area contributed by atoms with Gasteiger partial charge in [0.05, 0.1) is 0 Å². The fourth-order valence-corrected chi connectivity index (χ4v) is 1.70. The minimum absolute atomic E-state index is 0.132. The maximum atomic E-state index is 11.3. The molecule has 0 bridgehead atoms. The quantitative estimate of drug-likeness (QED) is 0.847. The van der Waals surface area contributed by atoms with Gasteiger partial charge in [0.25, 0.3) is 5.56 Å². The molecule has 2 heterocycles. The first-order chi connectivity index (χ1) is 10.5. The molecule has 1 fully saturated rings. The highest BCUT2D eigenvalue weighted by Gasteiger charge is 2.23. The van der Waals surface area contributed by atoms with E-state index in [1.165, 1.54) is 16.8 Å². The zero-order valence-corrected chi connectivity index (χ0v) is 12.6. The van der Waals surface area contributed by atoms with Gasteiger partial charge in [-0.15, -0.1) is 5.10 Å². The molecule has 9 nitrogen and oxygen atoms in total. The standard InChI is InChI=1S/C13H17N7O2/c1-19(2)12-15-11(14-8-4-5-8)16-13(17-12)22-9-6-7-10(21)20(3)18-9/h6-8H,4-5H2,1-3H3,(H,14,15,16,17). The number of aryl methyl sites for hydroxylation is 1. The zero-order valence-electron chi connectivity index (χ0n) is 12.6. The van der Waals surface area contributed by atoms with Gasteiger partial charge in [-0.25, -0.2) is 4.68 Å². The van der Waals surface area contributed by atoms with Gasteiger partial charge < -0.3 is 15.0 Å². The van der Waals surface area contributed by atoms with Gasteiger partial charge in [0.2, 0.25) is 17.8 Å². The third kappa shape index (κ3) is 3.30. The van der Waals surface area contributed by atoms with E-state index < -0.39 is 0 Å². The van der Waals surface area contributed by atoms with Gasteiger partial charge in [-0.2, -0.15) is 15.0 Å². The molecule has 22 heavy (non-hydrogen) atoms. The van der Waals surface area contributed by atoms with Crippen LogP contribution >= 0.6 is 0 Å². The lowest BCUT2D eigenvalue weighted by molar-refractivity contribution is 0.406. The second-order valence-corrected chi connectivity index (χ2v) is 5.29. The SMILES string of the molecule is CN(C)c1nc(NC2CC2)nc(Oc2ccc(=O)n(C)n2)n1. The summed E-state index contributed by atoms with van der Waals surface area (Å²) in [4.78, 5) is 25.9. The van der Waals surface area contributed by atoms with E-state index >= 15 is 0 Å². The van der Waals surface area contributed by atoms with Gasteiger partial charge >= 0.3 is 6.01 Å². The van der Waals surface area contributed by atoms with Crippen LogP contribution in [0.1, 0.15) is 12.8 Å². The summed E-state index contributed by atoms with van der Waals surface area (Å²) in [5.74, 6) is 1.20. The van der Waals surface area contributed by atoms with Crippen LogP contribution < -0.4 is 20.5 Å². The number of aromatic nitrogens is 5. The van der Waals surface area contributed by atoms with Crippen LogP contribution in [0.15, 0.2) is 16.9 Å². The van der Waals surface area contributed by atoms with Crippen molar-refractivity contribution in [2.24, 2.45) is 7.05 Å². The molecule has 1 N–H and O–H groups in total. The molecular weight excluding hydrogens is 286 g/mol. The van der Waals surface area contributed by atoms with Crippen LogP contribution in [0, 0.1) is 0 Å². The second-order valence-electron chi connectivity index (χ2n) is 5.29. The summed E-state index contributed by atoms with van der Waals surface area (Å²) in [6, 6.07) is 3.41. The average molecular weight is 303 g/mol. The molecule has 0 saturated heterocycles. The van der Waals surface area contributed by atoms with Crippen molar-refractivity contribution in [2.75, 3.05) is 24.3 Å². The van der Waals surface area contributed by atoms with E-state index in [0.717, 1.165) is 12.8 Å². The van der Waals surface area contributed by atoms with Crippen LogP contribution in [0.5, 0.6) is 11.9 Å². The molecule has 0 spiro atoms. The van der Waals surface area contributed by atoms with Crippen molar-refractivity contribution in [2.45, 2.75) is 18.9 Å². The fraction of sp³-hybridized carbons (Fsp3) is 0.462. The molecule has 0 aliphatic heterocycles. The fourth-order valence-electron chi connectivity index (χ4n) is 1.70. The van der Waals surface area contributed by atoms with Crippen molar-refractivity contribution in [3.63, 3.8) is 0 Å². The molecule has 2 aromatic rings. The lowest BCUT2D eigenvalue weighted by Crippen LogP contribution is -2.19. The number of hydrogen-bond acceptors (Lipinski definition) is 8. The Balaban J connectivity index is 1.88. The maximum Gasteiger partial charge on any atom is 0.330 e. The number of nitrogens with zero attached hydrogens (tertiary/aromatic N) is 6. The van der Waals surface area contributed by atoms with Gasteiger partial charge in [0, 0.05) is 39.3 Å². The molecule has 1 aliphatic carbocycles. The molecule has 2 aromatic heterocycles. The molecular formula is C13H17N7O2. The molecule has 0 amide bonds. The Kier molecular flexibility index (Phi) is 3.61. The second kappa shape index (κ2) is 5.58. The summed E-state index contributed by atoms with van der Waals surface area (Å²) in [6.45, 7) is 0. The third-order valence-electron chi connectivity index (χ3n) is 3.05. The molecule has 0 radical (unpaired) electrons. The van der Waals surface area contributed by atoms with Crippen LogP contribution in [0.4, 0.5) is 11.9 Å². The Morgan fingerprint density at radius 3 is 2.68 bits per heavy atom. The number of rotatable bonds is 5. The number of nitrogens with one attached hydrogen (secondary N) is 1. The van der Waals surface area contributed by atoms with Crippen LogP contribution in [-0.4, -0.2) is 44.9 Å². The summed E-state index contributed by atoms with van der Waals surface area (Å²) in [5.41, 5.74) is -0.215. The minimum atomic E-state index is -0.215. The van der Waals surface area contributed by atoms with Crippen LogP contribution in [0.25, 0.3) is 0 Å². The third-order valence-corrected chi connectivity index (χ3v) is 3.05. The molecule has 116 valence electrons. The lowest BCUT2D eigenvalue weighted by Gasteiger charge is -2.13. The highest BCUT2D eigenvalue weighted by atomic mass is 16.5. The first-order valence-corrected chi connectivity index (χ1v) is 6.93. The van der Waals surface area contributed by atoms with Crippen molar-refractivity contribution in [1.82, 2.24) is 24.7 Å². The van der Waals surface area contributed by atoms with Crippen molar-refractivity contribution in [3.8, 4) is 11.9 Å². The van der Waals surface area contributed by atoms with Crippen LogP contribution in [-0.2, 0) is 7.05 Å². The van der Waals surface area contributed by atoms with E-state index in [1.54, 1.807) is 11.9 Å². The molecule has 1 saturated carbocycles. The summed E-state index contributed by atoms with van der Waals surface area (Å²) in [5, 5.41) is 7.21. The van der Waals surface area contributed by atoms with Crippen molar-refractivity contribution in [1.29, 1.82) is 0 Å². The summed E-state index contributed by atoms with van der Waals surface area (Å²) < 4.78 is 6.74. The Labute approximate surface area is 127 Å². The molecule has 3 rings (SSSR count). The first-order valence-electron chi connectivity index (χ1n) is 6.93. The topological polar surface area (TPSA) is 98.1 Å². The Morgan fingerprint density at radius 2 is 2.05 bits per heavy atom. The predicted molar refractivity (Wildman–Crippen MR) is 80.4 cm³/mol.